The predicted octanol–water partition coefficient (Wildman–Crippen LogP) is 3.28. The molecule has 8 heteroatoms. The molecule has 24 heavy (non-hydrogen) atoms. The lowest BCUT2D eigenvalue weighted by molar-refractivity contribution is 0.601. The highest BCUT2D eigenvalue weighted by atomic mass is 35.5. The smallest absolute Gasteiger partial charge is 0.262 e. The summed E-state index contributed by atoms with van der Waals surface area (Å²) in [5.41, 5.74) is 0.291. The largest absolute Gasteiger partial charge is 0.286 e. The van der Waals surface area contributed by atoms with Crippen molar-refractivity contribution in [3.05, 3.63) is 65.8 Å². The minimum atomic E-state index is -3.75. The van der Waals surface area contributed by atoms with E-state index in [-0.39, 0.29) is 4.90 Å². The summed E-state index contributed by atoms with van der Waals surface area (Å²) >= 11 is 6.00. The highest BCUT2D eigenvalue weighted by molar-refractivity contribution is 7.92. The quantitative estimate of drug-likeness (QED) is 0.755. The van der Waals surface area contributed by atoms with Crippen molar-refractivity contribution in [2.45, 2.75) is 18.2 Å². The van der Waals surface area contributed by atoms with Crippen LogP contribution in [-0.2, 0) is 16.4 Å². The second-order valence-electron chi connectivity index (χ2n) is 5.01. The van der Waals surface area contributed by atoms with Crippen LogP contribution in [0, 0.1) is 0 Å². The average molecular weight is 363 g/mol. The van der Waals surface area contributed by atoms with Gasteiger partial charge in [0, 0.05) is 25.0 Å². The van der Waals surface area contributed by atoms with Crippen LogP contribution in [0.25, 0.3) is 5.82 Å². The van der Waals surface area contributed by atoms with Crippen molar-refractivity contribution in [1.29, 1.82) is 0 Å². The van der Waals surface area contributed by atoms with E-state index in [0.717, 1.165) is 5.82 Å². The molecule has 0 aliphatic heterocycles. The van der Waals surface area contributed by atoms with Gasteiger partial charge in [0.05, 0.1) is 15.6 Å². The normalized spacial score (nSPS) is 11.4. The van der Waals surface area contributed by atoms with Crippen LogP contribution in [0.15, 0.2) is 59.9 Å². The van der Waals surface area contributed by atoms with Crippen molar-refractivity contribution in [2.75, 3.05) is 4.72 Å². The minimum Gasteiger partial charge on any atom is -0.286 e. The summed E-state index contributed by atoms with van der Waals surface area (Å²) < 4.78 is 29.5. The standard InChI is InChI=1S/C16H15ClN4O2S/c1-2-15-18-8-9-21(15)16-14(10-12(17)11-19-16)20-24(22,23)13-6-4-3-5-7-13/h3-11,20H,2H2,1H3. The average Bonchev–Trinajstić information content (AvgIpc) is 3.04. The molecule has 0 amide bonds. The van der Waals surface area contributed by atoms with Crippen LogP contribution < -0.4 is 4.72 Å². The summed E-state index contributed by atoms with van der Waals surface area (Å²) in [7, 11) is -3.75. The molecular formula is C16H15ClN4O2S. The summed E-state index contributed by atoms with van der Waals surface area (Å²) in [6, 6.07) is 9.66. The van der Waals surface area contributed by atoms with Gasteiger partial charge in [0.25, 0.3) is 10.0 Å². The maximum absolute atomic E-state index is 12.6. The summed E-state index contributed by atoms with van der Waals surface area (Å²) in [6.07, 6.45) is 5.53. The number of nitrogens with one attached hydrogen (secondary N) is 1. The van der Waals surface area contributed by atoms with E-state index in [1.54, 1.807) is 35.2 Å². The molecule has 0 aliphatic carbocycles. The third kappa shape index (κ3) is 3.27. The number of imidazole rings is 1. The Labute approximate surface area is 145 Å². The highest BCUT2D eigenvalue weighted by Gasteiger charge is 2.18. The summed E-state index contributed by atoms with van der Waals surface area (Å²) in [5.74, 6) is 1.19. The van der Waals surface area contributed by atoms with Crippen LogP contribution in [0.2, 0.25) is 5.02 Å². The molecule has 2 heterocycles. The van der Waals surface area contributed by atoms with Crippen molar-refractivity contribution in [3.8, 4) is 5.82 Å². The number of sulfonamides is 1. The van der Waals surface area contributed by atoms with E-state index in [0.29, 0.717) is 22.9 Å². The zero-order chi connectivity index (χ0) is 17.2. The Morgan fingerprint density at radius 2 is 1.96 bits per heavy atom. The molecule has 6 nitrogen and oxygen atoms in total. The molecule has 0 spiro atoms. The first kappa shape index (κ1) is 16.5. The summed E-state index contributed by atoms with van der Waals surface area (Å²) in [4.78, 5) is 8.68. The molecule has 0 saturated heterocycles. The fourth-order valence-electron chi connectivity index (χ4n) is 2.29. The van der Waals surface area contributed by atoms with Crippen LogP contribution in [0.3, 0.4) is 0 Å². The topological polar surface area (TPSA) is 76.9 Å². The molecule has 2 aromatic heterocycles. The van der Waals surface area contributed by atoms with E-state index in [2.05, 4.69) is 14.7 Å². The van der Waals surface area contributed by atoms with Gasteiger partial charge in [0.15, 0.2) is 5.82 Å². The zero-order valence-electron chi connectivity index (χ0n) is 12.8. The van der Waals surface area contributed by atoms with Gasteiger partial charge in [-0.15, -0.1) is 0 Å². The molecule has 0 radical (unpaired) electrons. The number of nitrogens with zero attached hydrogens (tertiary/aromatic N) is 3. The van der Waals surface area contributed by atoms with Crippen LogP contribution >= 0.6 is 11.6 Å². The number of hydrogen-bond acceptors (Lipinski definition) is 4. The van der Waals surface area contributed by atoms with Gasteiger partial charge in [0.1, 0.15) is 5.82 Å². The van der Waals surface area contributed by atoms with Crippen molar-refractivity contribution in [2.24, 2.45) is 0 Å². The lowest BCUT2D eigenvalue weighted by atomic mass is 10.3. The predicted molar refractivity (Wildman–Crippen MR) is 93.0 cm³/mol. The first-order chi connectivity index (χ1) is 11.5. The molecular weight excluding hydrogens is 348 g/mol. The van der Waals surface area contributed by atoms with E-state index < -0.39 is 10.0 Å². The Bertz CT molecular complexity index is 955. The van der Waals surface area contributed by atoms with Gasteiger partial charge in [0.2, 0.25) is 0 Å². The molecule has 0 atom stereocenters. The highest BCUT2D eigenvalue weighted by Crippen LogP contribution is 2.25. The fraction of sp³-hybridized carbons (Fsp3) is 0.125. The molecule has 0 fully saturated rings. The van der Waals surface area contributed by atoms with E-state index >= 15 is 0 Å². The molecule has 0 unspecified atom stereocenters. The number of hydrogen-bond donors (Lipinski definition) is 1. The third-order valence-corrected chi connectivity index (χ3v) is 4.98. The zero-order valence-corrected chi connectivity index (χ0v) is 14.4. The monoisotopic (exact) mass is 362 g/mol. The SMILES string of the molecule is CCc1nccn1-c1ncc(Cl)cc1NS(=O)(=O)c1ccccc1. The van der Waals surface area contributed by atoms with E-state index in [4.69, 9.17) is 11.6 Å². The molecule has 1 N–H and O–H groups in total. The lowest BCUT2D eigenvalue weighted by Gasteiger charge is -2.14. The minimum absolute atomic E-state index is 0.164. The second kappa shape index (κ2) is 6.62. The van der Waals surface area contributed by atoms with Crippen LogP contribution in [0.4, 0.5) is 5.69 Å². The second-order valence-corrected chi connectivity index (χ2v) is 7.13. The summed E-state index contributed by atoms with van der Waals surface area (Å²) in [6.45, 7) is 1.96. The Morgan fingerprint density at radius 3 is 2.67 bits per heavy atom. The Hall–Kier alpha value is -2.38. The van der Waals surface area contributed by atoms with Gasteiger partial charge in [-0.2, -0.15) is 0 Å². The number of aryl methyl sites for hydroxylation is 1. The summed E-state index contributed by atoms with van der Waals surface area (Å²) in [5, 5.41) is 0.336. The van der Waals surface area contributed by atoms with Crippen molar-refractivity contribution in [1.82, 2.24) is 14.5 Å². The van der Waals surface area contributed by atoms with Crippen molar-refractivity contribution < 1.29 is 8.42 Å². The molecule has 0 bridgehead atoms. The number of benzene rings is 1. The Kier molecular flexibility index (Phi) is 4.55. The van der Waals surface area contributed by atoms with Crippen LogP contribution in [0.1, 0.15) is 12.7 Å². The van der Waals surface area contributed by atoms with Crippen molar-refractivity contribution in [3.63, 3.8) is 0 Å². The fourth-order valence-corrected chi connectivity index (χ4v) is 3.52. The lowest BCUT2D eigenvalue weighted by Crippen LogP contribution is -2.15. The first-order valence-corrected chi connectivity index (χ1v) is 9.13. The molecule has 0 aliphatic rings. The number of rotatable bonds is 5. The molecule has 124 valence electrons. The van der Waals surface area contributed by atoms with Crippen LogP contribution in [-0.4, -0.2) is 23.0 Å². The van der Waals surface area contributed by atoms with Crippen molar-refractivity contribution >= 4 is 27.3 Å². The molecule has 3 aromatic rings. The molecule has 0 saturated carbocycles. The van der Waals surface area contributed by atoms with Gasteiger partial charge in [-0.05, 0) is 18.2 Å². The first-order valence-electron chi connectivity index (χ1n) is 7.27. The number of aromatic nitrogens is 3. The van der Waals surface area contributed by atoms with E-state index in [1.807, 2.05) is 6.92 Å². The molecule has 3 rings (SSSR count). The Balaban J connectivity index is 2.07. The van der Waals surface area contributed by atoms with Crippen LogP contribution in [0.5, 0.6) is 0 Å². The van der Waals surface area contributed by atoms with Gasteiger partial charge < -0.3 is 0 Å². The van der Waals surface area contributed by atoms with Gasteiger partial charge in [-0.25, -0.2) is 18.4 Å². The molecule has 1 aromatic carbocycles. The third-order valence-electron chi connectivity index (χ3n) is 3.39. The van der Waals surface area contributed by atoms with E-state index in [1.165, 1.54) is 24.4 Å². The van der Waals surface area contributed by atoms with E-state index in [9.17, 15) is 8.42 Å². The maximum Gasteiger partial charge on any atom is 0.262 e. The van der Waals surface area contributed by atoms with Gasteiger partial charge in [-0.1, -0.05) is 36.7 Å². The Morgan fingerprint density at radius 1 is 1.21 bits per heavy atom. The van der Waals surface area contributed by atoms with Gasteiger partial charge >= 0.3 is 0 Å². The maximum atomic E-state index is 12.6. The number of pyridine rings is 1. The number of halogens is 1. The number of anilines is 1. The van der Waals surface area contributed by atoms with Gasteiger partial charge in [-0.3, -0.25) is 9.29 Å².